The van der Waals surface area contributed by atoms with Gasteiger partial charge in [-0.05, 0) is 51.2 Å². The van der Waals surface area contributed by atoms with Crippen LogP contribution < -0.4 is 10.6 Å². The van der Waals surface area contributed by atoms with Gasteiger partial charge in [0.15, 0.2) is 0 Å². The van der Waals surface area contributed by atoms with Crippen molar-refractivity contribution in [1.29, 1.82) is 0 Å². The van der Waals surface area contributed by atoms with E-state index in [4.69, 9.17) is 0 Å². The van der Waals surface area contributed by atoms with E-state index in [9.17, 15) is 14.7 Å². The molecule has 4 atom stereocenters. The second kappa shape index (κ2) is 10.4. The summed E-state index contributed by atoms with van der Waals surface area (Å²) in [6, 6.07) is 6.68. The van der Waals surface area contributed by atoms with Gasteiger partial charge in [-0.2, -0.15) is 0 Å². The van der Waals surface area contributed by atoms with Crippen LogP contribution in [0.4, 0.5) is 0 Å². The first kappa shape index (κ1) is 27.3. The minimum Gasteiger partial charge on any atom is -0.391 e. The van der Waals surface area contributed by atoms with Crippen molar-refractivity contribution in [1.82, 2.24) is 20.5 Å². The number of carbonyl (C=O) groups is 2. The van der Waals surface area contributed by atoms with Gasteiger partial charge < -0.3 is 20.6 Å². The van der Waals surface area contributed by atoms with Crippen molar-refractivity contribution in [3.63, 3.8) is 0 Å². The number of likely N-dealkylation sites (tertiary alicyclic amines) is 1. The monoisotopic (exact) mass is 500 g/mol. The molecule has 2 aromatic rings. The largest absolute Gasteiger partial charge is 0.391 e. The molecule has 0 saturated carbocycles. The molecule has 0 radical (unpaired) electrons. The van der Waals surface area contributed by atoms with Crippen molar-refractivity contribution in [3.8, 4) is 10.4 Å². The molecule has 8 heteroatoms. The first-order valence-electron chi connectivity index (χ1n) is 12.2. The maximum atomic E-state index is 13.6. The van der Waals surface area contributed by atoms with Crippen LogP contribution in [0, 0.1) is 12.3 Å². The summed E-state index contributed by atoms with van der Waals surface area (Å²) in [5, 5.41) is 16.9. The van der Waals surface area contributed by atoms with Gasteiger partial charge in [-0.3, -0.25) is 9.59 Å². The highest BCUT2D eigenvalue weighted by Gasteiger charge is 2.44. The average molecular weight is 501 g/mol. The highest BCUT2D eigenvalue weighted by molar-refractivity contribution is 7.13. The number of carbonyl (C=O) groups excluding carboxylic acids is 2. The number of amides is 2. The van der Waals surface area contributed by atoms with E-state index >= 15 is 0 Å². The minimum atomic E-state index is -0.720. The van der Waals surface area contributed by atoms with Crippen molar-refractivity contribution >= 4 is 23.2 Å². The minimum absolute atomic E-state index is 0.152. The number of rotatable bonds is 6. The van der Waals surface area contributed by atoms with E-state index < -0.39 is 18.2 Å². The molecule has 1 aliphatic heterocycles. The van der Waals surface area contributed by atoms with Crippen LogP contribution in [0.15, 0.2) is 29.8 Å². The Morgan fingerprint density at radius 1 is 1.14 bits per heavy atom. The number of nitrogens with one attached hydrogen (secondary N) is 2. The van der Waals surface area contributed by atoms with Gasteiger partial charge in [0.1, 0.15) is 6.04 Å². The first-order chi connectivity index (χ1) is 16.2. The predicted molar refractivity (Wildman–Crippen MR) is 141 cm³/mol. The van der Waals surface area contributed by atoms with Gasteiger partial charge in [0.05, 0.1) is 34.3 Å². The quantitative estimate of drug-likeness (QED) is 0.556. The molecule has 0 bridgehead atoms. The van der Waals surface area contributed by atoms with Gasteiger partial charge in [0.2, 0.25) is 11.8 Å². The average Bonchev–Trinajstić information content (AvgIpc) is 3.35. The van der Waals surface area contributed by atoms with Crippen LogP contribution in [0.25, 0.3) is 10.4 Å². The number of aryl methyl sites for hydroxylation is 1. The van der Waals surface area contributed by atoms with Crippen LogP contribution in [0.1, 0.15) is 72.2 Å². The summed E-state index contributed by atoms with van der Waals surface area (Å²) < 4.78 is 0. The Labute approximate surface area is 213 Å². The number of aliphatic hydroxyl groups is 1. The number of hydrogen-bond acceptors (Lipinski definition) is 6. The summed E-state index contributed by atoms with van der Waals surface area (Å²) >= 11 is 1.61. The predicted octanol–water partition coefficient (Wildman–Crippen LogP) is 4.06. The van der Waals surface area contributed by atoms with Crippen LogP contribution in [-0.4, -0.2) is 57.1 Å². The zero-order valence-electron chi connectivity index (χ0n) is 22.2. The van der Waals surface area contributed by atoms with Crippen LogP contribution in [0.5, 0.6) is 0 Å². The lowest BCUT2D eigenvalue weighted by atomic mass is 9.84. The molecule has 1 aliphatic rings. The number of benzene rings is 1. The van der Waals surface area contributed by atoms with Gasteiger partial charge in [-0.1, -0.05) is 45.0 Å². The molecular weight excluding hydrogens is 460 g/mol. The summed E-state index contributed by atoms with van der Waals surface area (Å²) in [5.74, 6) is -0.394. The Morgan fingerprint density at radius 3 is 2.29 bits per heavy atom. The van der Waals surface area contributed by atoms with Gasteiger partial charge in [0, 0.05) is 18.5 Å². The smallest absolute Gasteiger partial charge is 0.243 e. The molecule has 1 aromatic carbocycles. The first-order valence-corrected chi connectivity index (χ1v) is 13.1. The molecule has 3 N–H and O–H groups in total. The summed E-state index contributed by atoms with van der Waals surface area (Å²) in [6.07, 6.45) is -0.484. The van der Waals surface area contributed by atoms with Crippen LogP contribution in [0.2, 0.25) is 0 Å². The zero-order valence-corrected chi connectivity index (χ0v) is 23.0. The van der Waals surface area contributed by atoms with E-state index in [-0.39, 0.29) is 41.8 Å². The van der Waals surface area contributed by atoms with E-state index in [2.05, 4.69) is 15.6 Å². The molecule has 1 aromatic heterocycles. The van der Waals surface area contributed by atoms with E-state index in [0.29, 0.717) is 0 Å². The number of aliphatic hydroxyl groups excluding tert-OH is 1. The third kappa shape index (κ3) is 6.68. The fraction of sp³-hybridized carbons (Fsp3) is 0.593. The maximum absolute atomic E-state index is 13.6. The molecule has 2 heterocycles. The van der Waals surface area contributed by atoms with Crippen molar-refractivity contribution in [2.75, 3.05) is 6.54 Å². The van der Waals surface area contributed by atoms with Gasteiger partial charge in [-0.25, -0.2) is 4.98 Å². The molecule has 1 saturated heterocycles. The van der Waals surface area contributed by atoms with Gasteiger partial charge in [0.25, 0.3) is 0 Å². The van der Waals surface area contributed by atoms with Crippen molar-refractivity contribution < 1.29 is 14.7 Å². The summed E-state index contributed by atoms with van der Waals surface area (Å²) in [5.41, 5.74) is 4.28. The maximum Gasteiger partial charge on any atom is 0.243 e. The number of nitrogens with zero attached hydrogens (tertiary/aromatic N) is 2. The molecule has 3 rings (SSSR count). The number of hydrogen-bond donors (Lipinski definition) is 3. The van der Waals surface area contributed by atoms with Gasteiger partial charge in [-0.15, -0.1) is 11.3 Å². The number of β-amino-alcohol motifs (C(OH)–C–C–N with tert-alkyl or cyclic N) is 1. The third-order valence-corrected chi connectivity index (χ3v) is 7.31. The molecule has 35 heavy (non-hydrogen) atoms. The number of aromatic nitrogens is 1. The highest BCUT2D eigenvalue weighted by Crippen LogP contribution is 2.30. The zero-order chi connectivity index (χ0) is 26.1. The third-order valence-electron chi connectivity index (χ3n) is 6.33. The lowest BCUT2D eigenvalue weighted by molar-refractivity contribution is -0.143. The standard InChI is InChI=1S/C27H40N4O3S/c1-16(18-9-11-19(12-10-18)22-17(2)28-15-35-22)29-24(33)21-13-20(32)14-31(21)25(34)23(26(3,4)5)30-27(6,7)8/h9-12,15-16,20-21,23,30,32H,13-14H2,1-8H3,(H,29,33)/t16-,20+,21?,23+/m0/s1. The molecule has 1 fully saturated rings. The van der Waals surface area contributed by atoms with E-state index in [1.807, 2.05) is 85.2 Å². The Bertz CT molecular complexity index is 1040. The van der Waals surface area contributed by atoms with Crippen molar-refractivity contribution in [2.24, 2.45) is 5.41 Å². The summed E-state index contributed by atoms with van der Waals surface area (Å²) in [7, 11) is 0. The second-order valence-electron chi connectivity index (χ2n) is 11.7. The summed E-state index contributed by atoms with van der Waals surface area (Å²) in [4.78, 5) is 33.9. The second-order valence-corrected chi connectivity index (χ2v) is 12.6. The number of thiazole rings is 1. The normalized spacial score (nSPS) is 20.5. The van der Waals surface area contributed by atoms with Crippen molar-refractivity contribution in [3.05, 3.63) is 41.0 Å². The van der Waals surface area contributed by atoms with E-state index in [1.165, 1.54) is 0 Å². The molecule has 0 aliphatic carbocycles. The van der Waals surface area contributed by atoms with E-state index in [0.717, 1.165) is 21.7 Å². The Balaban J connectivity index is 1.73. The highest BCUT2D eigenvalue weighted by atomic mass is 32.1. The summed E-state index contributed by atoms with van der Waals surface area (Å²) in [6.45, 7) is 16.2. The SMILES string of the molecule is Cc1ncsc1-c1ccc([C@H](C)NC(=O)C2C[C@@H](O)CN2C(=O)[C@@H](NC(C)(C)C)C(C)(C)C)cc1. The lowest BCUT2D eigenvalue weighted by Crippen LogP contribution is -2.60. The van der Waals surface area contributed by atoms with Gasteiger partial charge >= 0.3 is 0 Å². The van der Waals surface area contributed by atoms with Crippen LogP contribution >= 0.6 is 11.3 Å². The lowest BCUT2D eigenvalue weighted by Gasteiger charge is -2.39. The molecule has 192 valence electrons. The van der Waals surface area contributed by atoms with Crippen LogP contribution in [0.3, 0.4) is 0 Å². The fourth-order valence-corrected chi connectivity index (χ4v) is 5.26. The Kier molecular flexibility index (Phi) is 8.09. The van der Waals surface area contributed by atoms with Crippen LogP contribution in [-0.2, 0) is 9.59 Å². The molecule has 1 unspecified atom stereocenters. The Morgan fingerprint density at radius 2 is 1.77 bits per heavy atom. The molecular formula is C27H40N4O3S. The molecule has 7 nitrogen and oxygen atoms in total. The van der Waals surface area contributed by atoms with E-state index in [1.54, 1.807) is 16.2 Å². The van der Waals surface area contributed by atoms with Crippen molar-refractivity contribution in [2.45, 2.75) is 91.6 Å². The topological polar surface area (TPSA) is 94.6 Å². The fourth-order valence-electron chi connectivity index (χ4n) is 4.45. The molecule has 2 amide bonds. The molecule has 0 spiro atoms. The Hall–Kier alpha value is -2.29.